The summed E-state index contributed by atoms with van der Waals surface area (Å²) in [6.45, 7) is 0. The van der Waals surface area contributed by atoms with Gasteiger partial charge in [-0.05, 0) is 18.2 Å². The van der Waals surface area contributed by atoms with E-state index in [-0.39, 0.29) is 0 Å². The number of aryl methyl sites for hydroxylation is 1. The zero-order valence-electron chi connectivity index (χ0n) is 10.9. The van der Waals surface area contributed by atoms with Gasteiger partial charge in [-0.1, -0.05) is 0 Å². The van der Waals surface area contributed by atoms with Crippen molar-refractivity contribution in [3.05, 3.63) is 49.2 Å². The fourth-order valence-electron chi connectivity index (χ4n) is 1.75. The first kappa shape index (κ1) is 12.2. The lowest BCUT2D eigenvalue weighted by atomic mass is 10.3. The average molecular weight is 267 g/mol. The Morgan fingerprint density at radius 3 is 2.65 bits per heavy atom. The van der Waals surface area contributed by atoms with Gasteiger partial charge >= 0.3 is 0 Å². The zero-order chi connectivity index (χ0) is 13.9. The fourth-order valence-corrected chi connectivity index (χ4v) is 1.75. The van der Waals surface area contributed by atoms with Crippen molar-refractivity contribution in [1.29, 1.82) is 0 Å². The normalized spacial score (nSPS) is 10.4. The molecule has 0 bridgehead atoms. The van der Waals surface area contributed by atoms with E-state index in [0.717, 1.165) is 11.4 Å². The van der Waals surface area contributed by atoms with E-state index in [2.05, 4.69) is 15.0 Å². The van der Waals surface area contributed by atoms with Crippen LogP contribution in [0.2, 0.25) is 0 Å². The van der Waals surface area contributed by atoms with Crippen LogP contribution in [0.25, 0.3) is 11.4 Å². The van der Waals surface area contributed by atoms with Crippen LogP contribution in [0.15, 0.2) is 49.2 Å². The highest BCUT2D eigenvalue weighted by molar-refractivity contribution is 5.55. The number of pyridine rings is 2. The molecule has 0 aliphatic carbocycles. The van der Waals surface area contributed by atoms with E-state index in [4.69, 9.17) is 10.5 Å². The number of nitrogen functional groups attached to an aromatic ring is 1. The molecule has 3 aromatic rings. The number of ether oxygens (including phenoxy) is 1. The van der Waals surface area contributed by atoms with Crippen molar-refractivity contribution in [2.45, 2.75) is 0 Å². The van der Waals surface area contributed by atoms with Crippen molar-refractivity contribution in [1.82, 2.24) is 19.5 Å². The number of hydrogen-bond acceptors (Lipinski definition) is 5. The van der Waals surface area contributed by atoms with Gasteiger partial charge in [0.05, 0.1) is 18.2 Å². The number of nitrogens with zero attached hydrogens (tertiary/aromatic N) is 4. The SMILES string of the molecule is Cn1cnc(-c2cc(Oc3ccc(N)nc3)ccn2)c1. The van der Waals surface area contributed by atoms with E-state index in [1.807, 2.05) is 23.9 Å². The molecular weight excluding hydrogens is 254 g/mol. The van der Waals surface area contributed by atoms with Crippen LogP contribution in [0.3, 0.4) is 0 Å². The van der Waals surface area contributed by atoms with Crippen molar-refractivity contribution in [2.24, 2.45) is 7.05 Å². The molecule has 0 amide bonds. The van der Waals surface area contributed by atoms with E-state index in [0.29, 0.717) is 17.3 Å². The van der Waals surface area contributed by atoms with Crippen LogP contribution in [0.4, 0.5) is 5.82 Å². The summed E-state index contributed by atoms with van der Waals surface area (Å²) in [7, 11) is 1.91. The largest absolute Gasteiger partial charge is 0.456 e. The Morgan fingerprint density at radius 2 is 1.95 bits per heavy atom. The monoisotopic (exact) mass is 267 g/mol. The highest BCUT2D eigenvalue weighted by Gasteiger charge is 2.05. The van der Waals surface area contributed by atoms with E-state index in [1.165, 1.54) is 0 Å². The third-order valence-corrected chi connectivity index (χ3v) is 2.69. The molecule has 0 aliphatic heterocycles. The number of nitrogens with two attached hydrogens (primary N) is 1. The number of imidazole rings is 1. The highest BCUT2D eigenvalue weighted by atomic mass is 16.5. The zero-order valence-corrected chi connectivity index (χ0v) is 10.9. The average Bonchev–Trinajstić information content (AvgIpc) is 2.89. The molecule has 0 atom stereocenters. The Labute approximate surface area is 115 Å². The Kier molecular flexibility index (Phi) is 3.04. The number of anilines is 1. The highest BCUT2D eigenvalue weighted by Crippen LogP contribution is 2.24. The minimum absolute atomic E-state index is 0.459. The van der Waals surface area contributed by atoms with Crippen molar-refractivity contribution >= 4 is 5.82 Å². The number of hydrogen-bond donors (Lipinski definition) is 1. The van der Waals surface area contributed by atoms with Gasteiger partial charge in [0.1, 0.15) is 23.0 Å². The third-order valence-electron chi connectivity index (χ3n) is 2.69. The van der Waals surface area contributed by atoms with Gasteiger partial charge in [0, 0.05) is 25.5 Å². The van der Waals surface area contributed by atoms with Crippen molar-refractivity contribution in [3.63, 3.8) is 0 Å². The Bertz CT molecular complexity index is 720. The second kappa shape index (κ2) is 5.00. The van der Waals surface area contributed by atoms with Gasteiger partial charge < -0.3 is 15.0 Å². The van der Waals surface area contributed by atoms with Crippen molar-refractivity contribution in [2.75, 3.05) is 5.73 Å². The van der Waals surface area contributed by atoms with Crippen LogP contribution in [-0.4, -0.2) is 19.5 Å². The lowest BCUT2D eigenvalue weighted by Crippen LogP contribution is -1.91. The third kappa shape index (κ3) is 2.59. The second-order valence-corrected chi connectivity index (χ2v) is 4.32. The van der Waals surface area contributed by atoms with Gasteiger partial charge in [-0.2, -0.15) is 0 Å². The Morgan fingerprint density at radius 1 is 1.05 bits per heavy atom. The standard InChI is InChI=1S/C14H13N5O/c1-19-8-13(18-9-19)12-6-10(4-5-16-12)20-11-2-3-14(15)17-7-11/h2-9H,1H3,(H2,15,17). The summed E-state index contributed by atoms with van der Waals surface area (Å²) in [5.74, 6) is 1.76. The Hall–Kier alpha value is -2.89. The van der Waals surface area contributed by atoms with Gasteiger partial charge in [0.2, 0.25) is 0 Å². The summed E-state index contributed by atoms with van der Waals surface area (Å²) in [5, 5.41) is 0. The quantitative estimate of drug-likeness (QED) is 0.787. The smallest absolute Gasteiger partial charge is 0.145 e. The molecule has 0 radical (unpaired) electrons. The second-order valence-electron chi connectivity index (χ2n) is 4.32. The van der Waals surface area contributed by atoms with Gasteiger partial charge in [0.25, 0.3) is 0 Å². The molecule has 0 spiro atoms. The predicted molar refractivity (Wildman–Crippen MR) is 75.2 cm³/mol. The maximum absolute atomic E-state index is 5.71. The minimum Gasteiger partial charge on any atom is -0.456 e. The molecule has 0 unspecified atom stereocenters. The summed E-state index contributed by atoms with van der Waals surface area (Å²) in [6.07, 6.45) is 6.89. The molecule has 0 aliphatic rings. The summed E-state index contributed by atoms with van der Waals surface area (Å²) in [5.41, 5.74) is 7.09. The summed E-state index contributed by atoms with van der Waals surface area (Å²) < 4.78 is 7.58. The van der Waals surface area contributed by atoms with Crippen LogP contribution in [0.1, 0.15) is 0 Å². The topological polar surface area (TPSA) is 78.9 Å². The van der Waals surface area contributed by atoms with E-state index < -0.39 is 0 Å². The fraction of sp³-hybridized carbons (Fsp3) is 0.0714. The number of rotatable bonds is 3. The van der Waals surface area contributed by atoms with E-state index in [1.54, 1.807) is 36.9 Å². The van der Waals surface area contributed by atoms with Gasteiger partial charge in [-0.15, -0.1) is 0 Å². The molecule has 2 N–H and O–H groups in total. The van der Waals surface area contributed by atoms with Crippen LogP contribution in [0, 0.1) is 0 Å². The molecule has 0 fully saturated rings. The van der Waals surface area contributed by atoms with Crippen molar-refractivity contribution < 1.29 is 4.74 Å². The first-order valence-electron chi connectivity index (χ1n) is 6.04. The maximum Gasteiger partial charge on any atom is 0.145 e. The van der Waals surface area contributed by atoms with Crippen LogP contribution in [-0.2, 0) is 7.05 Å². The molecule has 3 rings (SSSR count). The van der Waals surface area contributed by atoms with Crippen molar-refractivity contribution in [3.8, 4) is 22.9 Å². The molecule has 3 aromatic heterocycles. The molecule has 20 heavy (non-hydrogen) atoms. The molecule has 0 aromatic carbocycles. The van der Waals surface area contributed by atoms with E-state index in [9.17, 15) is 0 Å². The molecule has 0 saturated carbocycles. The van der Waals surface area contributed by atoms with Gasteiger partial charge in [0.15, 0.2) is 0 Å². The summed E-state index contributed by atoms with van der Waals surface area (Å²) in [4.78, 5) is 12.5. The first-order valence-corrected chi connectivity index (χ1v) is 6.04. The lowest BCUT2D eigenvalue weighted by Gasteiger charge is -2.06. The molecule has 100 valence electrons. The molecule has 6 nitrogen and oxygen atoms in total. The molecular formula is C14H13N5O. The predicted octanol–water partition coefficient (Wildman–Crippen LogP) is 2.25. The minimum atomic E-state index is 0.459. The van der Waals surface area contributed by atoms with Gasteiger partial charge in [-0.25, -0.2) is 9.97 Å². The number of aromatic nitrogens is 4. The van der Waals surface area contributed by atoms with Crippen LogP contribution >= 0.6 is 0 Å². The Balaban J connectivity index is 1.86. The first-order chi connectivity index (χ1) is 9.70. The molecule has 0 saturated heterocycles. The maximum atomic E-state index is 5.71. The lowest BCUT2D eigenvalue weighted by molar-refractivity contribution is 0.480. The summed E-state index contributed by atoms with van der Waals surface area (Å²) in [6, 6.07) is 7.07. The molecule has 3 heterocycles. The van der Waals surface area contributed by atoms with E-state index >= 15 is 0 Å². The molecule has 6 heteroatoms. The van der Waals surface area contributed by atoms with Gasteiger partial charge in [-0.3, -0.25) is 4.98 Å². The summed E-state index contributed by atoms with van der Waals surface area (Å²) >= 11 is 0. The van der Waals surface area contributed by atoms with Crippen LogP contribution < -0.4 is 10.5 Å². The van der Waals surface area contributed by atoms with Crippen LogP contribution in [0.5, 0.6) is 11.5 Å².